The van der Waals surface area contributed by atoms with Crippen LogP contribution in [-0.4, -0.2) is 24.1 Å². The van der Waals surface area contributed by atoms with Gasteiger partial charge in [0.25, 0.3) is 11.7 Å². The molecule has 0 aromatic heterocycles. The standard InChI is InChI=1S/C16H11F5N2O2S/c17-10-5-6-11(14(19)13(10)18)23-12(24)7-22-15(25)8-1-3-9(4-2-8)26-16(20)21/h1-6,16H,7H2,(H,22,25)(H,23,24). The van der Waals surface area contributed by atoms with Crippen LogP contribution in [0.3, 0.4) is 0 Å². The molecule has 0 unspecified atom stereocenters. The molecule has 0 saturated heterocycles. The summed E-state index contributed by atoms with van der Waals surface area (Å²) in [5, 5.41) is 4.22. The summed E-state index contributed by atoms with van der Waals surface area (Å²) in [5.41, 5.74) is -0.452. The zero-order valence-corrected chi connectivity index (χ0v) is 13.7. The Morgan fingerprint density at radius 1 is 0.962 bits per heavy atom. The minimum atomic E-state index is -2.59. The molecule has 26 heavy (non-hydrogen) atoms. The highest BCUT2D eigenvalue weighted by Gasteiger charge is 2.16. The summed E-state index contributed by atoms with van der Waals surface area (Å²) in [6, 6.07) is 6.73. The monoisotopic (exact) mass is 390 g/mol. The minimum absolute atomic E-state index is 0.121. The van der Waals surface area contributed by atoms with Crippen LogP contribution in [0.25, 0.3) is 0 Å². The average Bonchev–Trinajstić information content (AvgIpc) is 2.60. The lowest BCUT2D eigenvalue weighted by molar-refractivity contribution is -0.115. The molecular weight excluding hydrogens is 379 g/mol. The molecule has 138 valence electrons. The number of halogens is 5. The zero-order chi connectivity index (χ0) is 19.3. The van der Waals surface area contributed by atoms with E-state index >= 15 is 0 Å². The van der Waals surface area contributed by atoms with Gasteiger partial charge in [-0.3, -0.25) is 9.59 Å². The van der Waals surface area contributed by atoms with E-state index in [0.29, 0.717) is 17.8 Å². The summed E-state index contributed by atoms with van der Waals surface area (Å²) < 4.78 is 63.7. The predicted molar refractivity (Wildman–Crippen MR) is 85.6 cm³/mol. The van der Waals surface area contributed by atoms with Crippen molar-refractivity contribution in [2.45, 2.75) is 10.7 Å². The first-order valence-electron chi connectivity index (χ1n) is 7.04. The van der Waals surface area contributed by atoms with Crippen LogP contribution in [0.5, 0.6) is 0 Å². The van der Waals surface area contributed by atoms with Crippen LogP contribution in [0.4, 0.5) is 27.6 Å². The molecule has 0 spiro atoms. The average molecular weight is 390 g/mol. The van der Waals surface area contributed by atoms with Crippen molar-refractivity contribution in [2.75, 3.05) is 11.9 Å². The second-order valence-electron chi connectivity index (χ2n) is 4.86. The summed E-state index contributed by atoms with van der Waals surface area (Å²) in [6.45, 7) is -0.565. The number of carbonyl (C=O) groups excluding carboxylic acids is 2. The van der Waals surface area contributed by atoms with Crippen molar-refractivity contribution in [3.05, 3.63) is 59.4 Å². The number of rotatable bonds is 6. The molecule has 0 fully saturated rings. The van der Waals surface area contributed by atoms with Gasteiger partial charge in [-0.15, -0.1) is 0 Å². The van der Waals surface area contributed by atoms with Gasteiger partial charge >= 0.3 is 0 Å². The molecule has 2 N–H and O–H groups in total. The van der Waals surface area contributed by atoms with Gasteiger partial charge in [0.05, 0.1) is 12.2 Å². The molecule has 2 amide bonds. The van der Waals surface area contributed by atoms with E-state index in [0.717, 1.165) is 6.07 Å². The largest absolute Gasteiger partial charge is 0.343 e. The fourth-order valence-corrected chi connectivity index (χ4v) is 2.37. The summed E-state index contributed by atoms with van der Waals surface area (Å²) in [5.74, 6) is -8.81. The number of carbonyl (C=O) groups is 2. The highest BCUT2D eigenvalue weighted by Crippen LogP contribution is 2.25. The van der Waals surface area contributed by atoms with E-state index in [2.05, 4.69) is 5.32 Å². The van der Waals surface area contributed by atoms with Crippen molar-refractivity contribution in [2.24, 2.45) is 0 Å². The first kappa shape index (κ1) is 19.7. The number of anilines is 1. The van der Waals surface area contributed by atoms with Gasteiger partial charge in [-0.2, -0.15) is 8.78 Å². The van der Waals surface area contributed by atoms with Gasteiger partial charge in [0.15, 0.2) is 17.5 Å². The normalized spacial score (nSPS) is 10.7. The third-order valence-corrected chi connectivity index (χ3v) is 3.78. The van der Waals surface area contributed by atoms with Gasteiger partial charge in [0, 0.05) is 10.5 Å². The van der Waals surface area contributed by atoms with Crippen molar-refractivity contribution < 1.29 is 31.5 Å². The molecular formula is C16H11F5N2O2S. The van der Waals surface area contributed by atoms with Crippen LogP contribution in [0.2, 0.25) is 0 Å². The quantitative estimate of drug-likeness (QED) is 0.448. The van der Waals surface area contributed by atoms with Crippen molar-refractivity contribution in [1.82, 2.24) is 5.32 Å². The molecule has 0 aliphatic heterocycles. The molecule has 2 aromatic rings. The lowest BCUT2D eigenvalue weighted by Gasteiger charge is -2.09. The first-order valence-corrected chi connectivity index (χ1v) is 7.92. The fourth-order valence-electron chi connectivity index (χ4n) is 1.87. The van der Waals surface area contributed by atoms with E-state index in [1.54, 1.807) is 0 Å². The van der Waals surface area contributed by atoms with Crippen molar-refractivity contribution in [1.29, 1.82) is 0 Å². The Morgan fingerprint density at radius 3 is 2.23 bits per heavy atom. The Morgan fingerprint density at radius 2 is 1.62 bits per heavy atom. The Kier molecular flexibility index (Phi) is 6.56. The fraction of sp³-hybridized carbons (Fsp3) is 0.125. The van der Waals surface area contributed by atoms with Crippen LogP contribution in [-0.2, 0) is 4.79 Å². The van der Waals surface area contributed by atoms with Crippen molar-refractivity contribution in [3.8, 4) is 0 Å². The van der Waals surface area contributed by atoms with Gasteiger partial charge in [0.2, 0.25) is 5.91 Å². The third-order valence-electron chi connectivity index (χ3n) is 3.06. The molecule has 10 heteroatoms. The Balaban J connectivity index is 1.91. The Hall–Kier alpha value is -2.62. The lowest BCUT2D eigenvalue weighted by atomic mass is 10.2. The molecule has 0 bridgehead atoms. The van der Waals surface area contributed by atoms with Crippen molar-refractivity contribution in [3.63, 3.8) is 0 Å². The van der Waals surface area contributed by atoms with Crippen molar-refractivity contribution >= 4 is 29.3 Å². The van der Waals surface area contributed by atoms with E-state index < -0.39 is 47.3 Å². The van der Waals surface area contributed by atoms with E-state index in [1.165, 1.54) is 24.3 Å². The molecule has 2 aromatic carbocycles. The Labute approximate surface area is 148 Å². The highest BCUT2D eigenvalue weighted by molar-refractivity contribution is 7.99. The van der Waals surface area contributed by atoms with Crippen LogP contribution < -0.4 is 10.6 Å². The predicted octanol–water partition coefficient (Wildman–Crippen LogP) is 3.79. The number of nitrogens with one attached hydrogen (secondary N) is 2. The molecule has 0 heterocycles. The van der Waals surface area contributed by atoms with Crippen LogP contribution in [0.15, 0.2) is 41.3 Å². The van der Waals surface area contributed by atoms with Gasteiger partial charge < -0.3 is 10.6 Å². The maximum Gasteiger partial charge on any atom is 0.288 e. The SMILES string of the molecule is O=C(CNC(=O)c1ccc(SC(F)F)cc1)Nc1ccc(F)c(F)c1F. The number of hydrogen-bond donors (Lipinski definition) is 2. The summed E-state index contributed by atoms with van der Waals surface area (Å²) in [6.07, 6.45) is 0. The third kappa shape index (κ3) is 5.19. The summed E-state index contributed by atoms with van der Waals surface area (Å²) in [7, 11) is 0. The molecule has 0 radical (unpaired) electrons. The molecule has 0 aliphatic rings. The van der Waals surface area contributed by atoms with Gasteiger partial charge in [-0.25, -0.2) is 13.2 Å². The summed E-state index contributed by atoms with van der Waals surface area (Å²) >= 11 is 0.320. The molecule has 0 atom stereocenters. The van der Waals surface area contributed by atoms with Crippen LogP contribution in [0, 0.1) is 17.5 Å². The molecule has 0 aliphatic carbocycles. The number of benzene rings is 2. The van der Waals surface area contributed by atoms with Gasteiger partial charge in [-0.05, 0) is 36.4 Å². The molecule has 2 rings (SSSR count). The van der Waals surface area contributed by atoms with Crippen LogP contribution in [0.1, 0.15) is 10.4 Å². The number of thioether (sulfide) groups is 1. The highest BCUT2D eigenvalue weighted by atomic mass is 32.2. The van der Waals surface area contributed by atoms with E-state index in [1.807, 2.05) is 5.32 Å². The second-order valence-corrected chi connectivity index (χ2v) is 5.92. The Bertz CT molecular complexity index is 815. The topological polar surface area (TPSA) is 58.2 Å². The van der Waals surface area contributed by atoms with E-state index in [4.69, 9.17) is 0 Å². The van der Waals surface area contributed by atoms with Gasteiger partial charge in [-0.1, -0.05) is 11.8 Å². The smallest absolute Gasteiger partial charge is 0.288 e. The maximum absolute atomic E-state index is 13.4. The van der Waals surface area contributed by atoms with Gasteiger partial charge in [0.1, 0.15) is 0 Å². The van der Waals surface area contributed by atoms with E-state index in [-0.39, 0.29) is 10.5 Å². The lowest BCUT2D eigenvalue weighted by Crippen LogP contribution is -2.33. The first-order chi connectivity index (χ1) is 12.3. The molecule has 4 nitrogen and oxygen atoms in total. The minimum Gasteiger partial charge on any atom is -0.343 e. The maximum atomic E-state index is 13.4. The second kappa shape index (κ2) is 8.65. The number of alkyl halides is 2. The van der Waals surface area contributed by atoms with Crippen LogP contribution >= 0.6 is 11.8 Å². The number of amides is 2. The zero-order valence-electron chi connectivity index (χ0n) is 12.9. The van der Waals surface area contributed by atoms with E-state index in [9.17, 15) is 31.5 Å². The number of hydrogen-bond acceptors (Lipinski definition) is 3. The summed E-state index contributed by atoms with van der Waals surface area (Å²) in [4.78, 5) is 23.8. The molecule has 0 saturated carbocycles.